The molecule has 10 rings (SSSR count). The van der Waals surface area contributed by atoms with Crippen molar-refractivity contribution in [1.82, 2.24) is 19.5 Å². The molecule has 2 heterocycles. The van der Waals surface area contributed by atoms with Gasteiger partial charge in [-0.15, -0.1) is 0 Å². The van der Waals surface area contributed by atoms with E-state index in [0.29, 0.717) is 11.1 Å². The Morgan fingerprint density at radius 3 is 1.53 bits per heavy atom. The van der Waals surface area contributed by atoms with Crippen LogP contribution in [0, 0.1) is 0 Å². The second kappa shape index (κ2) is 13.8. The quantitative estimate of drug-likeness (QED) is 0.165. The summed E-state index contributed by atoms with van der Waals surface area (Å²) >= 11 is 0. The minimum atomic E-state index is -0.799. The molecular weight excluding hydrogens is 669 g/mol. The fourth-order valence-corrected chi connectivity index (χ4v) is 6.63. The van der Waals surface area contributed by atoms with Crippen molar-refractivity contribution in [2.75, 3.05) is 0 Å². The highest BCUT2D eigenvalue weighted by molar-refractivity contribution is 6.16. The first-order chi connectivity index (χ1) is 34.3. The topological polar surface area (TPSA) is 43.6 Å². The SMILES string of the molecule is [2H]c1c([2H])c([2H])c(-c2cc(-c3nc(-c4ccccc4)nc(-c4ccc(-c5ccccc5)cc4)n3)ccc2-n2c3c([2H])c([2H])c([2H])c([2H])c3c3c(-c4c([2H])c([2H])c([2H])c([2H])c4[2H])c([2H])c([2H])c([2H])c32)c([2H])c1[2H]. The van der Waals surface area contributed by atoms with Crippen molar-refractivity contribution in [1.29, 1.82) is 0 Å². The lowest BCUT2D eigenvalue weighted by molar-refractivity contribution is 1.07. The Kier molecular flexibility index (Phi) is 4.80. The number of aromatic nitrogens is 4. The van der Waals surface area contributed by atoms with E-state index < -0.39 is 114 Å². The summed E-state index contributed by atoms with van der Waals surface area (Å²) in [6.07, 6.45) is 0. The molecule has 0 radical (unpaired) electrons. The zero-order chi connectivity index (χ0) is 51.3. The molecule has 0 spiro atoms. The third-order valence-electron chi connectivity index (χ3n) is 9.15. The van der Waals surface area contributed by atoms with Gasteiger partial charge in [-0.2, -0.15) is 0 Å². The number of nitrogens with zero attached hydrogens (tertiary/aromatic N) is 4. The highest BCUT2D eigenvalue weighted by Gasteiger charge is 2.20. The van der Waals surface area contributed by atoms with Crippen LogP contribution in [0.2, 0.25) is 0 Å². The van der Waals surface area contributed by atoms with Gasteiger partial charge < -0.3 is 4.57 Å². The normalized spacial score (nSPS) is 15.6. The summed E-state index contributed by atoms with van der Waals surface area (Å²) < 4.78 is 153. The molecule has 10 aromatic rings. The summed E-state index contributed by atoms with van der Waals surface area (Å²) in [6.45, 7) is 0. The largest absolute Gasteiger partial charge is 0.309 e. The smallest absolute Gasteiger partial charge is 0.164 e. The van der Waals surface area contributed by atoms with Crippen LogP contribution in [0.4, 0.5) is 0 Å². The average Bonchev–Trinajstić information content (AvgIpc) is 3.76. The molecular formula is C51H34N4. The molecule has 4 heteroatoms. The van der Waals surface area contributed by atoms with Gasteiger partial charge in [0.1, 0.15) is 0 Å². The van der Waals surface area contributed by atoms with E-state index in [1.54, 1.807) is 0 Å². The Morgan fingerprint density at radius 2 is 0.855 bits per heavy atom. The van der Waals surface area contributed by atoms with Gasteiger partial charge in [-0.3, -0.25) is 0 Å². The predicted octanol–water partition coefficient (Wildman–Crippen LogP) is 13.0. The molecule has 0 saturated heterocycles. The Labute approximate surface area is 343 Å². The van der Waals surface area contributed by atoms with Crippen molar-refractivity contribution in [3.05, 3.63) is 206 Å². The van der Waals surface area contributed by atoms with Crippen molar-refractivity contribution >= 4 is 21.8 Å². The molecule has 0 fully saturated rings. The number of hydrogen-bond acceptors (Lipinski definition) is 3. The molecule has 0 aliphatic heterocycles. The number of benzene rings is 8. The van der Waals surface area contributed by atoms with Crippen molar-refractivity contribution in [2.45, 2.75) is 0 Å². The van der Waals surface area contributed by atoms with E-state index in [9.17, 15) is 8.22 Å². The van der Waals surface area contributed by atoms with Crippen LogP contribution in [0.3, 0.4) is 0 Å². The Bertz CT molecular complexity index is 3880. The fourth-order valence-electron chi connectivity index (χ4n) is 6.63. The number of para-hydroxylation sites is 1. The maximum Gasteiger partial charge on any atom is 0.164 e. The van der Waals surface area contributed by atoms with Crippen molar-refractivity contribution in [3.8, 4) is 73.2 Å². The second-order valence-electron chi connectivity index (χ2n) is 12.4. The molecule has 0 N–H and O–H groups in total. The van der Waals surface area contributed by atoms with E-state index in [1.807, 2.05) is 84.9 Å². The van der Waals surface area contributed by atoms with Gasteiger partial charge in [0.2, 0.25) is 0 Å². The van der Waals surface area contributed by atoms with Crippen LogP contribution in [0.5, 0.6) is 0 Å². The van der Waals surface area contributed by atoms with Crippen LogP contribution < -0.4 is 0 Å². The van der Waals surface area contributed by atoms with Crippen LogP contribution in [0.25, 0.3) is 95.0 Å². The van der Waals surface area contributed by atoms with Gasteiger partial charge in [0.25, 0.3) is 0 Å². The first-order valence-electron chi connectivity index (χ1n) is 25.6. The van der Waals surface area contributed by atoms with E-state index in [0.717, 1.165) is 11.1 Å². The van der Waals surface area contributed by atoms with Gasteiger partial charge in [-0.1, -0.05) is 176 Å². The Balaban J connectivity index is 1.34. The summed E-state index contributed by atoms with van der Waals surface area (Å²) in [5.74, 6) is 0.605. The standard InChI is InChI=1S/C51H34N4/c1-5-16-35(17-6-1)36-28-30-40(31-29-36)50-52-49(39-22-11-4-12-23-39)53-51(54-50)41-32-33-46(44(34-41)38-20-9-3-10-21-38)55-45-26-14-13-24-43(45)48-42(25-15-27-47(48)55)37-18-7-2-8-19-37/h1-34H/i2D,3D,7D,8D,9D,10D,13D,14D,15D,18D,19D,20D,21D,24D,25D,26D,27D. The van der Waals surface area contributed by atoms with Crippen LogP contribution >= 0.6 is 0 Å². The number of rotatable bonds is 7. The summed E-state index contributed by atoms with van der Waals surface area (Å²) in [4.78, 5) is 14.6. The molecule has 55 heavy (non-hydrogen) atoms. The molecule has 2 aromatic heterocycles. The van der Waals surface area contributed by atoms with Crippen molar-refractivity contribution in [2.24, 2.45) is 0 Å². The van der Waals surface area contributed by atoms with Crippen LogP contribution in [-0.2, 0) is 0 Å². The molecule has 258 valence electrons. The zero-order valence-electron chi connectivity index (χ0n) is 45.6. The first kappa shape index (κ1) is 19.1. The molecule has 0 amide bonds. The zero-order valence-corrected chi connectivity index (χ0v) is 28.6. The first-order valence-corrected chi connectivity index (χ1v) is 17.1. The molecule has 0 unspecified atom stereocenters. The number of hydrogen-bond donors (Lipinski definition) is 0. The molecule has 8 aromatic carbocycles. The minimum Gasteiger partial charge on any atom is -0.309 e. The van der Waals surface area contributed by atoms with E-state index in [2.05, 4.69) is 0 Å². The second-order valence-corrected chi connectivity index (χ2v) is 12.4. The van der Waals surface area contributed by atoms with E-state index in [4.69, 9.17) is 30.0 Å². The van der Waals surface area contributed by atoms with E-state index >= 15 is 0 Å². The molecule has 0 aliphatic rings. The third kappa shape index (κ3) is 5.96. The van der Waals surface area contributed by atoms with Gasteiger partial charge in [-0.05, 0) is 58.1 Å². The summed E-state index contributed by atoms with van der Waals surface area (Å²) in [5.41, 5.74) is 1.00. The fraction of sp³-hybridized carbons (Fsp3) is 0. The highest BCUT2D eigenvalue weighted by atomic mass is 15.0. The van der Waals surface area contributed by atoms with Gasteiger partial charge in [0, 0.05) is 33.0 Å². The van der Waals surface area contributed by atoms with Crippen LogP contribution in [0.1, 0.15) is 23.3 Å². The lowest BCUT2D eigenvalue weighted by Gasteiger charge is -2.16. The van der Waals surface area contributed by atoms with E-state index in [-0.39, 0.29) is 61.7 Å². The monoisotopic (exact) mass is 719 g/mol. The van der Waals surface area contributed by atoms with Crippen molar-refractivity contribution in [3.63, 3.8) is 0 Å². The summed E-state index contributed by atoms with van der Waals surface area (Å²) in [7, 11) is 0. The maximum atomic E-state index is 9.46. The number of fused-ring (bicyclic) bond motifs is 3. The molecule has 0 atom stereocenters. The summed E-state index contributed by atoms with van der Waals surface area (Å²) in [5, 5.41) is -0.672. The lowest BCUT2D eigenvalue weighted by Crippen LogP contribution is -2.02. The van der Waals surface area contributed by atoms with Crippen molar-refractivity contribution < 1.29 is 23.3 Å². The van der Waals surface area contributed by atoms with Crippen LogP contribution in [-0.4, -0.2) is 19.5 Å². The Morgan fingerprint density at radius 1 is 0.364 bits per heavy atom. The van der Waals surface area contributed by atoms with Gasteiger partial charge >= 0.3 is 0 Å². The molecule has 0 aliphatic carbocycles. The lowest BCUT2D eigenvalue weighted by atomic mass is 9.99. The summed E-state index contributed by atoms with van der Waals surface area (Å²) in [6, 6.07) is 18.3. The third-order valence-corrected chi connectivity index (χ3v) is 9.15. The van der Waals surface area contributed by atoms with Crippen LogP contribution in [0.15, 0.2) is 206 Å². The molecule has 0 saturated carbocycles. The van der Waals surface area contributed by atoms with Gasteiger partial charge in [-0.25, -0.2) is 15.0 Å². The predicted molar refractivity (Wildman–Crippen MR) is 227 cm³/mol. The average molecular weight is 720 g/mol. The maximum absolute atomic E-state index is 9.46. The Hall–Kier alpha value is -7.43. The molecule has 4 nitrogen and oxygen atoms in total. The van der Waals surface area contributed by atoms with E-state index in [1.165, 1.54) is 22.8 Å². The highest BCUT2D eigenvalue weighted by Crippen LogP contribution is 2.41. The van der Waals surface area contributed by atoms with Gasteiger partial charge in [0.15, 0.2) is 17.5 Å². The van der Waals surface area contributed by atoms with Gasteiger partial charge in [0.05, 0.1) is 40.0 Å². The molecule has 0 bridgehead atoms. The minimum absolute atomic E-state index is 0.0761.